The quantitative estimate of drug-likeness (QED) is 0.614. The van der Waals surface area contributed by atoms with Gasteiger partial charge in [0.2, 0.25) is 5.91 Å². The van der Waals surface area contributed by atoms with Gasteiger partial charge in [-0.05, 0) is 42.7 Å². The van der Waals surface area contributed by atoms with Crippen LogP contribution in [0.15, 0.2) is 49.3 Å². The van der Waals surface area contributed by atoms with Gasteiger partial charge in [0.1, 0.15) is 18.4 Å². The minimum absolute atomic E-state index is 0.234. The number of carbonyl (C=O) groups is 2. The number of nitrogens with one attached hydrogen (secondary N) is 1. The van der Waals surface area contributed by atoms with Crippen molar-refractivity contribution in [2.75, 3.05) is 13.2 Å². The number of amides is 2. The summed E-state index contributed by atoms with van der Waals surface area (Å²) in [7, 11) is 0. The van der Waals surface area contributed by atoms with Crippen LogP contribution in [0.4, 0.5) is 4.79 Å². The average molecular weight is 450 g/mol. The molecule has 30 heavy (non-hydrogen) atoms. The molecular weight excluding hydrogens is 429 g/mol. The number of aromatic nitrogens is 1. The van der Waals surface area contributed by atoms with Crippen molar-refractivity contribution in [2.24, 2.45) is 0 Å². The molecule has 1 aliphatic rings. The number of likely N-dealkylation sites (tertiary alicyclic amines) is 1. The molecule has 3 rings (SSSR count). The van der Waals surface area contributed by atoms with Crippen molar-refractivity contribution < 1.29 is 19.4 Å². The smallest absolute Gasteiger partial charge is 0.407 e. The number of rotatable bonds is 7. The zero-order valence-corrected chi connectivity index (χ0v) is 17.6. The Labute approximate surface area is 184 Å². The molecule has 0 spiro atoms. The van der Waals surface area contributed by atoms with Crippen LogP contribution in [-0.2, 0) is 4.79 Å². The van der Waals surface area contributed by atoms with Gasteiger partial charge >= 0.3 is 6.09 Å². The van der Waals surface area contributed by atoms with Crippen molar-refractivity contribution in [3.63, 3.8) is 0 Å². The highest BCUT2D eigenvalue weighted by atomic mass is 35.5. The molecule has 1 aromatic carbocycles. The number of hydrogen-bond acceptors (Lipinski definition) is 4. The first-order valence-corrected chi connectivity index (χ1v) is 10.1. The summed E-state index contributed by atoms with van der Waals surface area (Å²) in [6, 6.07) is 5.27. The second kappa shape index (κ2) is 9.82. The predicted molar refractivity (Wildman–Crippen MR) is 114 cm³/mol. The first-order valence-electron chi connectivity index (χ1n) is 9.35. The lowest BCUT2D eigenvalue weighted by Gasteiger charge is -2.27. The molecule has 158 valence electrons. The van der Waals surface area contributed by atoms with E-state index in [1.165, 1.54) is 0 Å². The van der Waals surface area contributed by atoms with Crippen molar-refractivity contribution in [1.82, 2.24) is 15.2 Å². The van der Waals surface area contributed by atoms with E-state index in [0.717, 1.165) is 4.90 Å². The summed E-state index contributed by atoms with van der Waals surface area (Å²) in [5, 5.41) is 12.9. The molecule has 2 N–H and O–H groups in total. The summed E-state index contributed by atoms with van der Waals surface area (Å²) >= 11 is 12.8. The minimum atomic E-state index is -1.12. The molecule has 0 aliphatic carbocycles. The number of nitrogens with zero attached hydrogens (tertiary/aromatic N) is 2. The monoisotopic (exact) mass is 449 g/mol. The highest BCUT2D eigenvalue weighted by Gasteiger charge is 2.36. The Morgan fingerprint density at radius 3 is 2.73 bits per heavy atom. The van der Waals surface area contributed by atoms with Crippen LogP contribution in [0.2, 0.25) is 10.0 Å². The molecule has 2 heterocycles. The summed E-state index contributed by atoms with van der Waals surface area (Å²) in [6.07, 6.45) is 4.73. The Morgan fingerprint density at radius 1 is 1.33 bits per heavy atom. The number of benzene rings is 1. The van der Waals surface area contributed by atoms with Crippen LogP contribution in [0.1, 0.15) is 30.0 Å². The van der Waals surface area contributed by atoms with Crippen molar-refractivity contribution in [3.8, 4) is 5.75 Å². The molecule has 7 nitrogen and oxygen atoms in total. The van der Waals surface area contributed by atoms with Gasteiger partial charge in [-0.25, -0.2) is 4.79 Å². The van der Waals surface area contributed by atoms with Gasteiger partial charge in [-0.1, -0.05) is 35.9 Å². The van der Waals surface area contributed by atoms with E-state index in [9.17, 15) is 14.7 Å². The van der Waals surface area contributed by atoms with E-state index < -0.39 is 24.1 Å². The third-order valence-electron chi connectivity index (χ3n) is 4.87. The normalized spacial score (nSPS) is 16.7. The van der Waals surface area contributed by atoms with Gasteiger partial charge in [0.15, 0.2) is 0 Å². The first-order chi connectivity index (χ1) is 14.4. The lowest BCUT2D eigenvalue weighted by Crippen LogP contribution is -2.46. The summed E-state index contributed by atoms with van der Waals surface area (Å²) in [4.78, 5) is 29.7. The number of halogens is 2. The maximum Gasteiger partial charge on any atom is 0.407 e. The van der Waals surface area contributed by atoms with Crippen LogP contribution in [0.3, 0.4) is 0 Å². The third kappa shape index (κ3) is 4.68. The molecule has 0 bridgehead atoms. The van der Waals surface area contributed by atoms with Gasteiger partial charge < -0.3 is 15.2 Å². The molecule has 0 radical (unpaired) electrons. The van der Waals surface area contributed by atoms with Crippen LogP contribution in [-0.4, -0.2) is 46.2 Å². The first kappa shape index (κ1) is 21.9. The van der Waals surface area contributed by atoms with Gasteiger partial charge in [-0.3, -0.25) is 14.7 Å². The highest BCUT2D eigenvalue weighted by molar-refractivity contribution is 6.42. The van der Waals surface area contributed by atoms with Crippen molar-refractivity contribution >= 4 is 35.2 Å². The fraction of sp³-hybridized carbons (Fsp3) is 0.286. The maximum absolute atomic E-state index is 13.1. The second-order valence-electron chi connectivity index (χ2n) is 6.73. The van der Waals surface area contributed by atoms with Crippen molar-refractivity contribution in [2.45, 2.75) is 24.9 Å². The lowest BCUT2D eigenvalue weighted by atomic mass is 9.97. The molecule has 2 unspecified atom stereocenters. The molecule has 1 fully saturated rings. The topological polar surface area (TPSA) is 91.8 Å². The van der Waals surface area contributed by atoms with Crippen LogP contribution >= 0.6 is 23.2 Å². The van der Waals surface area contributed by atoms with E-state index in [1.54, 1.807) is 42.7 Å². The van der Waals surface area contributed by atoms with Gasteiger partial charge in [-0.2, -0.15) is 0 Å². The van der Waals surface area contributed by atoms with Gasteiger partial charge in [0, 0.05) is 24.5 Å². The van der Waals surface area contributed by atoms with Gasteiger partial charge in [0.05, 0.1) is 16.1 Å². The predicted octanol–water partition coefficient (Wildman–Crippen LogP) is 4.30. The zero-order valence-electron chi connectivity index (χ0n) is 16.1. The Morgan fingerprint density at radius 2 is 2.07 bits per heavy atom. The number of carboxylic acid groups (broad SMARTS) is 1. The van der Waals surface area contributed by atoms with Gasteiger partial charge in [0.25, 0.3) is 0 Å². The van der Waals surface area contributed by atoms with Crippen molar-refractivity contribution in [3.05, 3.63) is 70.5 Å². The minimum Gasteiger partial charge on any atom is -0.489 e. The molecule has 1 saturated heterocycles. The Kier molecular flexibility index (Phi) is 7.18. The van der Waals surface area contributed by atoms with E-state index >= 15 is 0 Å². The number of hydrogen-bond donors (Lipinski definition) is 2. The number of carbonyl (C=O) groups excluding carboxylic acids is 1. The summed E-state index contributed by atoms with van der Waals surface area (Å²) in [6.45, 7) is 4.20. The number of pyridine rings is 1. The van der Waals surface area contributed by atoms with Crippen LogP contribution in [0.5, 0.6) is 5.75 Å². The van der Waals surface area contributed by atoms with E-state index in [-0.39, 0.29) is 11.6 Å². The Balaban J connectivity index is 2.03. The maximum atomic E-state index is 13.1. The summed E-state index contributed by atoms with van der Waals surface area (Å²) in [5.41, 5.74) is 1.18. The SMILES string of the molecule is C=CCOc1ccc(Cl)c(Cl)c1C(NC(=O)C1CCCN1C(=O)O)c1ccncc1. The molecule has 1 aromatic heterocycles. The standard InChI is InChI=1S/C21H21Cl2N3O4/c1-2-12-30-16-6-5-14(22)18(23)17(16)19(13-7-9-24-10-8-13)25-20(27)15-4-3-11-26(15)21(28)29/h2,5-10,15,19H,1,3-4,11-12H2,(H,25,27)(H,28,29). The molecule has 2 atom stereocenters. The molecule has 1 aliphatic heterocycles. The fourth-order valence-corrected chi connectivity index (χ4v) is 3.91. The van der Waals surface area contributed by atoms with Crippen molar-refractivity contribution in [1.29, 1.82) is 0 Å². The Hall–Kier alpha value is -2.77. The lowest BCUT2D eigenvalue weighted by molar-refractivity contribution is -0.125. The summed E-state index contributed by atoms with van der Waals surface area (Å²) in [5.74, 6) is 0.0235. The molecule has 2 amide bonds. The molecule has 2 aromatic rings. The van der Waals surface area contributed by atoms with E-state index in [4.69, 9.17) is 27.9 Å². The van der Waals surface area contributed by atoms with Crippen LogP contribution in [0.25, 0.3) is 0 Å². The summed E-state index contributed by atoms with van der Waals surface area (Å²) < 4.78 is 5.76. The third-order valence-corrected chi connectivity index (χ3v) is 5.68. The van der Waals surface area contributed by atoms with E-state index in [1.807, 2.05) is 0 Å². The largest absolute Gasteiger partial charge is 0.489 e. The molecule has 0 saturated carbocycles. The van der Waals surface area contributed by atoms with Gasteiger partial charge in [-0.15, -0.1) is 0 Å². The van der Waals surface area contributed by atoms with E-state index in [2.05, 4.69) is 16.9 Å². The molecule has 9 heteroatoms. The second-order valence-corrected chi connectivity index (χ2v) is 7.51. The van der Waals surface area contributed by atoms with Crippen LogP contribution < -0.4 is 10.1 Å². The Bertz CT molecular complexity index is 939. The average Bonchev–Trinajstić information content (AvgIpc) is 3.24. The highest BCUT2D eigenvalue weighted by Crippen LogP contribution is 2.40. The number of ether oxygens (including phenoxy) is 1. The van der Waals surface area contributed by atoms with E-state index in [0.29, 0.717) is 41.3 Å². The fourth-order valence-electron chi connectivity index (χ4n) is 3.48. The van der Waals surface area contributed by atoms with Crippen LogP contribution in [0, 0.1) is 0 Å². The molecular formula is C21H21Cl2N3O4. The zero-order chi connectivity index (χ0) is 21.7.